The van der Waals surface area contributed by atoms with Gasteiger partial charge in [-0.05, 0) is 23.8 Å². The molecule has 0 saturated heterocycles. The number of hydrogen-bond acceptors (Lipinski definition) is 3. The Morgan fingerprint density at radius 3 is 2.45 bits per heavy atom. The zero-order valence-corrected chi connectivity index (χ0v) is 12.6. The van der Waals surface area contributed by atoms with E-state index in [0.717, 1.165) is 6.20 Å². The molecule has 0 amide bonds. The monoisotopic (exact) mass is 341 g/mol. The van der Waals surface area contributed by atoms with Crippen molar-refractivity contribution in [2.75, 3.05) is 0 Å². The first-order valence-electron chi connectivity index (χ1n) is 6.14. The first-order valence-corrected chi connectivity index (χ1v) is 6.90. The molecule has 114 valence electrons. The molecule has 0 N–H and O–H groups in total. The first-order chi connectivity index (χ1) is 10.5. The molecule has 0 bridgehead atoms. The van der Waals surface area contributed by atoms with E-state index < -0.39 is 4.92 Å². The van der Waals surface area contributed by atoms with Crippen molar-refractivity contribution in [1.29, 1.82) is 0 Å². The summed E-state index contributed by atoms with van der Waals surface area (Å²) in [7, 11) is 0. The van der Waals surface area contributed by atoms with E-state index in [-0.39, 0.29) is 28.2 Å². The molecule has 4 nitrogen and oxygen atoms in total. The Kier molecular flexibility index (Phi) is 5.35. The van der Waals surface area contributed by atoms with E-state index in [9.17, 15) is 14.5 Å². The summed E-state index contributed by atoms with van der Waals surface area (Å²) < 4.78 is 19.0. The quantitative estimate of drug-likeness (QED) is 0.570. The molecule has 2 rings (SSSR count). The molecule has 0 aliphatic carbocycles. The average molecular weight is 342 g/mol. The minimum absolute atomic E-state index is 0.0316. The van der Waals surface area contributed by atoms with Crippen molar-refractivity contribution in [3.63, 3.8) is 0 Å². The SMILES string of the molecule is O=[N+]([O-])C=Cc1cc(Cl)c(OCc2ccccc2F)c(Cl)c1. The van der Waals surface area contributed by atoms with Crippen molar-refractivity contribution < 1.29 is 14.1 Å². The fraction of sp³-hybridized carbons (Fsp3) is 0.0667. The third kappa shape index (κ3) is 4.19. The Balaban J connectivity index is 2.18. The lowest BCUT2D eigenvalue weighted by Crippen LogP contribution is -1.99. The summed E-state index contributed by atoms with van der Waals surface area (Å²) in [6, 6.07) is 9.14. The average Bonchev–Trinajstić information content (AvgIpc) is 2.46. The summed E-state index contributed by atoms with van der Waals surface area (Å²) >= 11 is 12.1. The summed E-state index contributed by atoms with van der Waals surface area (Å²) in [6.45, 7) is -0.0316. The van der Waals surface area contributed by atoms with Crippen LogP contribution in [0.5, 0.6) is 5.75 Å². The maximum absolute atomic E-state index is 13.5. The van der Waals surface area contributed by atoms with Gasteiger partial charge in [0.25, 0.3) is 0 Å². The summed E-state index contributed by atoms with van der Waals surface area (Å²) in [4.78, 5) is 9.70. The van der Waals surface area contributed by atoms with E-state index in [1.54, 1.807) is 18.2 Å². The zero-order valence-electron chi connectivity index (χ0n) is 11.1. The van der Waals surface area contributed by atoms with Gasteiger partial charge in [-0.25, -0.2) is 4.39 Å². The predicted octanol–water partition coefficient (Wildman–Crippen LogP) is 4.96. The lowest BCUT2D eigenvalue weighted by atomic mass is 10.2. The summed E-state index contributed by atoms with van der Waals surface area (Å²) in [5.41, 5.74) is 0.830. The van der Waals surface area contributed by atoms with Crippen LogP contribution >= 0.6 is 23.2 Å². The molecule has 0 aromatic heterocycles. The van der Waals surface area contributed by atoms with Gasteiger partial charge in [0.05, 0.1) is 15.0 Å². The van der Waals surface area contributed by atoms with Gasteiger partial charge in [-0.1, -0.05) is 41.4 Å². The van der Waals surface area contributed by atoms with E-state index in [1.807, 2.05) is 0 Å². The van der Waals surface area contributed by atoms with Crippen LogP contribution in [0, 0.1) is 15.9 Å². The third-order valence-electron chi connectivity index (χ3n) is 2.74. The highest BCUT2D eigenvalue weighted by Gasteiger charge is 2.11. The molecule has 0 fully saturated rings. The van der Waals surface area contributed by atoms with Gasteiger partial charge < -0.3 is 4.74 Å². The molecule has 0 spiro atoms. The van der Waals surface area contributed by atoms with Crippen molar-refractivity contribution in [2.24, 2.45) is 0 Å². The molecule has 7 heteroatoms. The molecule has 2 aromatic rings. The molecular formula is C15H10Cl2FNO3. The number of halogens is 3. The molecule has 0 unspecified atom stereocenters. The number of ether oxygens (including phenoxy) is 1. The Labute approximate surface area is 135 Å². The highest BCUT2D eigenvalue weighted by atomic mass is 35.5. The van der Waals surface area contributed by atoms with Crippen LogP contribution in [-0.2, 0) is 6.61 Å². The van der Waals surface area contributed by atoms with Gasteiger partial charge in [-0.2, -0.15) is 0 Å². The molecule has 0 aliphatic rings. The van der Waals surface area contributed by atoms with E-state index in [4.69, 9.17) is 27.9 Å². The van der Waals surface area contributed by atoms with Crippen molar-refractivity contribution in [3.8, 4) is 5.75 Å². The van der Waals surface area contributed by atoms with Crippen molar-refractivity contribution >= 4 is 29.3 Å². The van der Waals surface area contributed by atoms with Gasteiger partial charge in [-0.3, -0.25) is 10.1 Å². The van der Waals surface area contributed by atoms with E-state index in [2.05, 4.69) is 0 Å². The Hall–Kier alpha value is -2.11. The van der Waals surface area contributed by atoms with Crippen LogP contribution in [0.3, 0.4) is 0 Å². The molecule has 0 atom stereocenters. The minimum atomic E-state index is -0.593. The smallest absolute Gasteiger partial charge is 0.235 e. The maximum atomic E-state index is 13.5. The van der Waals surface area contributed by atoms with E-state index in [0.29, 0.717) is 11.1 Å². The standard InChI is InChI=1S/C15H10Cl2FNO3/c16-12-7-10(5-6-19(20)21)8-13(17)15(12)22-9-11-3-1-2-4-14(11)18/h1-8H,9H2. The largest absolute Gasteiger partial charge is 0.486 e. The third-order valence-corrected chi connectivity index (χ3v) is 3.30. The molecule has 0 aliphatic heterocycles. The lowest BCUT2D eigenvalue weighted by Gasteiger charge is -2.11. The van der Waals surface area contributed by atoms with Crippen LogP contribution in [-0.4, -0.2) is 4.92 Å². The molecule has 0 saturated carbocycles. The van der Waals surface area contributed by atoms with Crippen molar-refractivity contribution in [3.05, 3.63) is 79.7 Å². The molecular weight excluding hydrogens is 332 g/mol. The predicted molar refractivity (Wildman–Crippen MR) is 83.2 cm³/mol. The van der Waals surface area contributed by atoms with E-state index >= 15 is 0 Å². The topological polar surface area (TPSA) is 52.4 Å². The van der Waals surface area contributed by atoms with E-state index in [1.165, 1.54) is 24.3 Å². The first kappa shape index (κ1) is 16.3. The van der Waals surface area contributed by atoms with Crippen LogP contribution in [0.4, 0.5) is 4.39 Å². The van der Waals surface area contributed by atoms with Crippen molar-refractivity contribution in [1.82, 2.24) is 0 Å². The van der Waals surface area contributed by atoms with Gasteiger partial charge in [0.15, 0.2) is 5.75 Å². The van der Waals surface area contributed by atoms with Crippen LogP contribution in [0.2, 0.25) is 10.0 Å². The number of nitrogens with zero attached hydrogens (tertiary/aromatic N) is 1. The number of hydrogen-bond donors (Lipinski definition) is 0. The van der Waals surface area contributed by atoms with Gasteiger partial charge in [-0.15, -0.1) is 0 Å². The summed E-state index contributed by atoms with van der Waals surface area (Å²) in [5.74, 6) is -0.190. The molecule has 0 radical (unpaired) electrons. The second kappa shape index (κ2) is 7.24. The number of rotatable bonds is 5. The van der Waals surface area contributed by atoms with Gasteiger partial charge in [0.1, 0.15) is 12.4 Å². The van der Waals surface area contributed by atoms with Gasteiger partial charge in [0.2, 0.25) is 6.20 Å². The Morgan fingerprint density at radius 2 is 1.86 bits per heavy atom. The second-order valence-electron chi connectivity index (χ2n) is 4.29. The van der Waals surface area contributed by atoms with Crippen LogP contribution in [0.15, 0.2) is 42.6 Å². The van der Waals surface area contributed by atoms with Crippen molar-refractivity contribution in [2.45, 2.75) is 6.61 Å². The van der Waals surface area contributed by atoms with Crippen LogP contribution in [0.25, 0.3) is 6.08 Å². The fourth-order valence-electron chi connectivity index (χ4n) is 1.73. The van der Waals surface area contributed by atoms with Gasteiger partial charge >= 0.3 is 0 Å². The normalized spacial score (nSPS) is 10.9. The Morgan fingerprint density at radius 1 is 1.23 bits per heavy atom. The zero-order chi connectivity index (χ0) is 16.1. The summed E-state index contributed by atoms with van der Waals surface area (Å²) in [6.07, 6.45) is 2.04. The molecule has 0 heterocycles. The maximum Gasteiger partial charge on any atom is 0.235 e. The minimum Gasteiger partial charge on any atom is -0.486 e. The number of benzene rings is 2. The lowest BCUT2D eigenvalue weighted by molar-refractivity contribution is -0.400. The Bertz CT molecular complexity index is 711. The fourth-order valence-corrected chi connectivity index (χ4v) is 2.34. The number of nitro groups is 1. The van der Waals surface area contributed by atoms with Gasteiger partial charge in [0, 0.05) is 11.6 Å². The molecule has 2 aromatic carbocycles. The second-order valence-corrected chi connectivity index (χ2v) is 5.11. The molecule has 22 heavy (non-hydrogen) atoms. The highest BCUT2D eigenvalue weighted by molar-refractivity contribution is 6.37. The van der Waals surface area contributed by atoms with Crippen LogP contribution < -0.4 is 4.74 Å². The summed E-state index contributed by atoms with van der Waals surface area (Å²) in [5, 5.41) is 10.7. The van der Waals surface area contributed by atoms with Crippen LogP contribution in [0.1, 0.15) is 11.1 Å². The highest BCUT2D eigenvalue weighted by Crippen LogP contribution is 2.35.